The van der Waals surface area contributed by atoms with Gasteiger partial charge in [-0.15, -0.1) is 46.7 Å². The smallest absolute Gasteiger partial charge is 0.191 e. The summed E-state index contributed by atoms with van der Waals surface area (Å²) >= 11 is 5.24. The summed E-state index contributed by atoms with van der Waals surface area (Å²) < 4.78 is 1.14. The number of nitrogens with zero attached hydrogens (tertiary/aromatic N) is 3. The molecular weight excluding hydrogens is 473 g/mol. The van der Waals surface area contributed by atoms with Gasteiger partial charge in [-0.1, -0.05) is 18.7 Å². The number of aromatic nitrogens is 2. The first-order valence-electron chi connectivity index (χ1n) is 7.79. The Labute approximate surface area is 173 Å². The van der Waals surface area contributed by atoms with E-state index in [2.05, 4.69) is 39.4 Å². The molecule has 2 N–H and O–H groups in total. The van der Waals surface area contributed by atoms with Crippen molar-refractivity contribution in [3.05, 3.63) is 27.7 Å². The molecule has 2 heterocycles. The van der Waals surface area contributed by atoms with Crippen molar-refractivity contribution >= 4 is 64.4 Å². The van der Waals surface area contributed by atoms with Crippen LogP contribution in [0.15, 0.2) is 27.1 Å². The van der Waals surface area contributed by atoms with Gasteiger partial charge in [0.2, 0.25) is 0 Å². The van der Waals surface area contributed by atoms with Crippen LogP contribution in [0, 0.1) is 0 Å². The predicted octanol–water partition coefficient (Wildman–Crippen LogP) is 4.02. The summed E-state index contributed by atoms with van der Waals surface area (Å²) in [6.45, 7) is 6.62. The third-order valence-corrected chi connectivity index (χ3v) is 6.09. The molecule has 5 nitrogen and oxygen atoms in total. The topological polar surface area (TPSA) is 62.2 Å². The lowest BCUT2D eigenvalue weighted by atomic mass is 10.4. The van der Waals surface area contributed by atoms with Crippen molar-refractivity contribution in [1.82, 2.24) is 20.6 Å². The molecule has 0 spiro atoms. The number of thioether (sulfide) groups is 1. The maximum absolute atomic E-state index is 4.60. The van der Waals surface area contributed by atoms with Gasteiger partial charge < -0.3 is 10.6 Å². The fraction of sp³-hybridized carbons (Fsp3) is 0.533. The first-order valence-corrected chi connectivity index (χ1v) is 10.5. The first kappa shape index (κ1) is 21.7. The van der Waals surface area contributed by atoms with Crippen LogP contribution in [0.2, 0.25) is 0 Å². The van der Waals surface area contributed by atoms with Crippen molar-refractivity contribution in [2.24, 2.45) is 4.99 Å². The normalized spacial score (nSPS) is 11.2. The summed E-state index contributed by atoms with van der Waals surface area (Å²) in [4.78, 5) is 14.6. The van der Waals surface area contributed by atoms with Gasteiger partial charge in [0, 0.05) is 41.5 Å². The third kappa shape index (κ3) is 8.13. The van der Waals surface area contributed by atoms with Crippen LogP contribution in [0.3, 0.4) is 0 Å². The van der Waals surface area contributed by atoms with Gasteiger partial charge in [0.25, 0.3) is 0 Å². The van der Waals surface area contributed by atoms with Gasteiger partial charge in [0.15, 0.2) is 5.96 Å². The number of halogens is 1. The second-order valence-corrected chi connectivity index (χ2v) is 8.13. The second-order valence-electron chi connectivity index (χ2n) is 4.70. The van der Waals surface area contributed by atoms with Crippen molar-refractivity contribution in [3.8, 4) is 0 Å². The van der Waals surface area contributed by atoms with E-state index >= 15 is 0 Å². The zero-order valence-corrected chi connectivity index (χ0v) is 18.7. The third-order valence-electron chi connectivity index (χ3n) is 2.92. The van der Waals surface area contributed by atoms with E-state index in [4.69, 9.17) is 0 Å². The molecule has 0 atom stereocenters. The van der Waals surface area contributed by atoms with Crippen LogP contribution in [-0.2, 0) is 13.0 Å². The highest BCUT2D eigenvalue weighted by molar-refractivity contribution is 14.0. The van der Waals surface area contributed by atoms with E-state index in [0.29, 0.717) is 6.54 Å². The molecule has 0 aliphatic rings. The van der Waals surface area contributed by atoms with Gasteiger partial charge in [-0.2, -0.15) is 0 Å². The molecule has 0 radical (unpaired) electrons. The zero-order valence-electron chi connectivity index (χ0n) is 13.9. The summed E-state index contributed by atoms with van der Waals surface area (Å²) in [7, 11) is 0. The van der Waals surface area contributed by atoms with E-state index < -0.39 is 0 Å². The fourth-order valence-electron chi connectivity index (χ4n) is 1.79. The van der Waals surface area contributed by atoms with E-state index in [1.54, 1.807) is 34.4 Å². The standard InChI is InChI=1S/C15H23N5S3.HI/c1-3-12-10-19-13(23-12)11-20-14(16-4-2)17-6-5-8-21-15-18-7-9-22-15;/h7,9-10H,3-6,8,11H2,1-2H3,(H2,16,17,20);1H. The maximum atomic E-state index is 4.60. The van der Waals surface area contributed by atoms with Gasteiger partial charge >= 0.3 is 0 Å². The molecule has 2 aromatic heterocycles. The lowest BCUT2D eigenvalue weighted by Crippen LogP contribution is -2.37. The van der Waals surface area contributed by atoms with E-state index in [1.807, 2.05) is 17.8 Å². The number of aliphatic imine (C=N–C) groups is 1. The minimum Gasteiger partial charge on any atom is -0.357 e. The number of aryl methyl sites for hydroxylation is 1. The molecule has 0 aliphatic carbocycles. The Kier molecular flexibility index (Phi) is 11.6. The molecule has 24 heavy (non-hydrogen) atoms. The van der Waals surface area contributed by atoms with E-state index in [0.717, 1.165) is 47.0 Å². The van der Waals surface area contributed by atoms with Crippen molar-refractivity contribution in [3.63, 3.8) is 0 Å². The Morgan fingerprint density at radius 1 is 1.29 bits per heavy atom. The maximum Gasteiger partial charge on any atom is 0.191 e. The minimum absolute atomic E-state index is 0. The molecule has 0 bridgehead atoms. The van der Waals surface area contributed by atoms with Crippen LogP contribution in [-0.4, -0.2) is 34.8 Å². The number of thiazole rings is 2. The molecule has 2 rings (SSSR count). The molecule has 0 amide bonds. The Morgan fingerprint density at radius 2 is 2.17 bits per heavy atom. The number of hydrogen-bond acceptors (Lipinski definition) is 6. The van der Waals surface area contributed by atoms with Gasteiger partial charge in [0.05, 0.1) is 6.54 Å². The summed E-state index contributed by atoms with van der Waals surface area (Å²) in [6, 6.07) is 0. The molecule has 134 valence electrons. The average molecular weight is 497 g/mol. The van der Waals surface area contributed by atoms with Gasteiger partial charge in [-0.3, -0.25) is 0 Å². The van der Waals surface area contributed by atoms with E-state index in [-0.39, 0.29) is 24.0 Å². The Hall–Kier alpha value is -0.390. The quantitative estimate of drug-likeness (QED) is 0.180. The molecule has 9 heteroatoms. The molecule has 0 saturated carbocycles. The number of nitrogens with one attached hydrogen (secondary N) is 2. The summed E-state index contributed by atoms with van der Waals surface area (Å²) in [5, 5.41) is 9.73. The van der Waals surface area contributed by atoms with Crippen LogP contribution >= 0.6 is 58.4 Å². The second kappa shape index (κ2) is 12.9. The monoisotopic (exact) mass is 497 g/mol. The summed E-state index contributed by atoms with van der Waals surface area (Å²) in [5.74, 6) is 1.92. The molecule has 0 saturated heterocycles. The highest BCUT2D eigenvalue weighted by Gasteiger charge is 2.02. The number of hydrogen-bond donors (Lipinski definition) is 2. The zero-order chi connectivity index (χ0) is 16.3. The van der Waals surface area contributed by atoms with Crippen LogP contribution in [0.4, 0.5) is 0 Å². The minimum atomic E-state index is 0. The summed E-state index contributed by atoms with van der Waals surface area (Å²) in [5.41, 5.74) is 0. The molecule has 0 fully saturated rings. The summed E-state index contributed by atoms with van der Waals surface area (Å²) in [6.07, 6.45) is 5.91. The van der Waals surface area contributed by atoms with Crippen molar-refractivity contribution in [2.75, 3.05) is 18.8 Å². The predicted molar refractivity (Wildman–Crippen MR) is 117 cm³/mol. The SMILES string of the molecule is CCNC(=NCc1ncc(CC)s1)NCCCSc1nccs1.I. The van der Waals surface area contributed by atoms with Crippen LogP contribution in [0.25, 0.3) is 0 Å². The van der Waals surface area contributed by atoms with Crippen molar-refractivity contribution in [1.29, 1.82) is 0 Å². The molecule has 0 aromatic carbocycles. The molecule has 2 aromatic rings. The van der Waals surface area contributed by atoms with E-state index in [1.165, 1.54) is 4.88 Å². The Bertz CT molecular complexity index is 586. The van der Waals surface area contributed by atoms with Crippen molar-refractivity contribution in [2.45, 2.75) is 37.6 Å². The molecular formula is C15H24IN5S3. The highest BCUT2D eigenvalue weighted by atomic mass is 127. The van der Waals surface area contributed by atoms with Crippen LogP contribution in [0.1, 0.15) is 30.2 Å². The number of rotatable bonds is 9. The Balaban J connectivity index is 0.00000288. The number of guanidine groups is 1. The van der Waals surface area contributed by atoms with Gasteiger partial charge in [-0.05, 0) is 19.8 Å². The average Bonchev–Trinajstić information content (AvgIpc) is 3.23. The van der Waals surface area contributed by atoms with Crippen LogP contribution in [0.5, 0.6) is 0 Å². The van der Waals surface area contributed by atoms with Crippen molar-refractivity contribution < 1.29 is 0 Å². The largest absolute Gasteiger partial charge is 0.357 e. The molecule has 0 unspecified atom stereocenters. The van der Waals surface area contributed by atoms with Crippen LogP contribution < -0.4 is 10.6 Å². The fourth-order valence-corrected chi connectivity index (χ4v) is 4.23. The van der Waals surface area contributed by atoms with E-state index in [9.17, 15) is 0 Å². The van der Waals surface area contributed by atoms with Gasteiger partial charge in [0.1, 0.15) is 9.35 Å². The molecule has 0 aliphatic heterocycles. The lowest BCUT2D eigenvalue weighted by Gasteiger charge is -2.10. The highest BCUT2D eigenvalue weighted by Crippen LogP contribution is 2.20. The van der Waals surface area contributed by atoms with Gasteiger partial charge in [-0.25, -0.2) is 15.0 Å². The first-order chi connectivity index (χ1) is 11.3. The lowest BCUT2D eigenvalue weighted by molar-refractivity contribution is 0.789. The Morgan fingerprint density at radius 3 is 2.83 bits per heavy atom.